The summed E-state index contributed by atoms with van der Waals surface area (Å²) in [4.78, 5) is 21.4. The molecule has 0 bridgehead atoms. The minimum atomic E-state index is -0.817. The summed E-state index contributed by atoms with van der Waals surface area (Å²) >= 11 is 1.62. The molecule has 1 unspecified atom stereocenters. The Hall–Kier alpha value is -2.00. The monoisotopic (exact) mass is 350 g/mol. The molecule has 1 N–H and O–H groups in total. The number of carboxylic acids is 1. The molecule has 1 aliphatic rings. The van der Waals surface area contributed by atoms with Crippen LogP contribution in [0.1, 0.15) is 30.4 Å². The largest absolute Gasteiger partial charge is 0.480 e. The van der Waals surface area contributed by atoms with Gasteiger partial charge < -0.3 is 14.6 Å². The third-order valence-electron chi connectivity index (χ3n) is 4.37. The molecule has 1 atom stereocenters. The molecular formula is C15H22N6O2S. The zero-order valence-corrected chi connectivity index (χ0v) is 15.0. The summed E-state index contributed by atoms with van der Waals surface area (Å²) in [6, 6.07) is -0.578. The molecule has 9 heteroatoms. The standard InChI is InChI=1S/C15H22N6O2S/c1-4-19(5-2)15-16-6-11(24-15)7-20-9-13-18-17-10(3)21(13)8-12(20)14(22)23/h6,12H,4-5,7-9H2,1-3H3,(H,22,23). The topological polar surface area (TPSA) is 87.4 Å². The lowest BCUT2D eigenvalue weighted by atomic mass is 10.2. The highest BCUT2D eigenvalue weighted by Crippen LogP contribution is 2.26. The van der Waals surface area contributed by atoms with Crippen LogP contribution in [0.4, 0.5) is 5.13 Å². The fraction of sp³-hybridized carbons (Fsp3) is 0.600. The number of fused-ring (bicyclic) bond motifs is 1. The average molecular weight is 350 g/mol. The third kappa shape index (κ3) is 3.13. The van der Waals surface area contributed by atoms with Crippen LogP contribution in [-0.4, -0.2) is 54.9 Å². The van der Waals surface area contributed by atoms with Crippen molar-refractivity contribution in [1.29, 1.82) is 0 Å². The lowest BCUT2D eigenvalue weighted by Gasteiger charge is -2.32. The predicted molar refractivity (Wildman–Crippen MR) is 91.1 cm³/mol. The molecule has 24 heavy (non-hydrogen) atoms. The summed E-state index contributed by atoms with van der Waals surface area (Å²) in [7, 11) is 0. The van der Waals surface area contributed by atoms with Crippen molar-refractivity contribution < 1.29 is 9.90 Å². The number of carbonyl (C=O) groups is 1. The van der Waals surface area contributed by atoms with Crippen molar-refractivity contribution in [2.24, 2.45) is 0 Å². The molecule has 2 aromatic heterocycles. The van der Waals surface area contributed by atoms with E-state index in [4.69, 9.17) is 0 Å². The first kappa shape index (κ1) is 16.8. The van der Waals surface area contributed by atoms with Gasteiger partial charge in [-0.3, -0.25) is 9.69 Å². The number of aliphatic carboxylic acids is 1. The van der Waals surface area contributed by atoms with E-state index in [-0.39, 0.29) is 0 Å². The van der Waals surface area contributed by atoms with Gasteiger partial charge in [-0.25, -0.2) is 4.98 Å². The number of nitrogens with zero attached hydrogens (tertiary/aromatic N) is 6. The van der Waals surface area contributed by atoms with Crippen molar-refractivity contribution in [3.8, 4) is 0 Å². The van der Waals surface area contributed by atoms with Gasteiger partial charge in [0, 0.05) is 30.7 Å². The predicted octanol–water partition coefficient (Wildman–Crippen LogP) is 1.36. The van der Waals surface area contributed by atoms with E-state index in [1.54, 1.807) is 11.3 Å². The first-order valence-electron chi connectivity index (χ1n) is 8.08. The smallest absolute Gasteiger partial charge is 0.322 e. The minimum Gasteiger partial charge on any atom is -0.480 e. The Morgan fingerprint density at radius 1 is 1.42 bits per heavy atom. The van der Waals surface area contributed by atoms with Crippen molar-refractivity contribution in [3.05, 3.63) is 22.7 Å². The normalized spacial score (nSPS) is 17.7. The van der Waals surface area contributed by atoms with E-state index in [1.165, 1.54) is 0 Å². The lowest BCUT2D eigenvalue weighted by molar-refractivity contribution is -0.145. The summed E-state index contributed by atoms with van der Waals surface area (Å²) < 4.78 is 1.89. The Morgan fingerprint density at radius 2 is 2.17 bits per heavy atom. The molecule has 0 saturated carbocycles. The fourth-order valence-corrected chi connectivity index (χ4v) is 4.03. The second kappa shape index (κ2) is 6.86. The van der Waals surface area contributed by atoms with Crippen LogP contribution in [0.3, 0.4) is 0 Å². The molecule has 3 heterocycles. The molecule has 130 valence electrons. The minimum absolute atomic E-state index is 0.380. The maximum absolute atomic E-state index is 11.7. The van der Waals surface area contributed by atoms with Gasteiger partial charge >= 0.3 is 5.97 Å². The van der Waals surface area contributed by atoms with Crippen LogP contribution >= 0.6 is 11.3 Å². The summed E-state index contributed by atoms with van der Waals surface area (Å²) in [6.45, 7) is 9.30. The molecule has 3 rings (SSSR count). The molecular weight excluding hydrogens is 328 g/mol. The van der Waals surface area contributed by atoms with Crippen LogP contribution in [0, 0.1) is 6.92 Å². The molecule has 0 aliphatic carbocycles. The van der Waals surface area contributed by atoms with Gasteiger partial charge in [0.15, 0.2) is 5.13 Å². The SMILES string of the molecule is CCN(CC)c1ncc(CN2Cc3nnc(C)n3CC2C(=O)O)s1. The molecule has 0 aromatic carbocycles. The number of rotatable bonds is 6. The van der Waals surface area contributed by atoms with Crippen molar-refractivity contribution >= 4 is 22.4 Å². The Morgan fingerprint density at radius 3 is 2.83 bits per heavy atom. The number of anilines is 1. The van der Waals surface area contributed by atoms with Crippen molar-refractivity contribution in [2.45, 2.75) is 46.4 Å². The number of hydrogen-bond donors (Lipinski definition) is 1. The molecule has 0 fully saturated rings. The Bertz CT molecular complexity index is 723. The number of hydrogen-bond acceptors (Lipinski definition) is 7. The highest BCUT2D eigenvalue weighted by molar-refractivity contribution is 7.15. The summed E-state index contributed by atoms with van der Waals surface area (Å²) in [5, 5.41) is 18.8. The van der Waals surface area contributed by atoms with Crippen LogP contribution < -0.4 is 4.90 Å². The van der Waals surface area contributed by atoms with Crippen molar-refractivity contribution in [2.75, 3.05) is 18.0 Å². The fourth-order valence-electron chi connectivity index (χ4n) is 2.97. The van der Waals surface area contributed by atoms with Gasteiger partial charge in [-0.2, -0.15) is 0 Å². The van der Waals surface area contributed by atoms with E-state index in [9.17, 15) is 9.90 Å². The molecule has 0 saturated heterocycles. The number of thiazole rings is 1. The zero-order chi connectivity index (χ0) is 17.3. The van der Waals surface area contributed by atoms with Gasteiger partial charge in [-0.1, -0.05) is 0 Å². The van der Waals surface area contributed by atoms with Crippen LogP contribution in [0.2, 0.25) is 0 Å². The summed E-state index contributed by atoms with van der Waals surface area (Å²) in [6.07, 6.45) is 1.85. The maximum Gasteiger partial charge on any atom is 0.322 e. The second-order valence-corrected chi connectivity index (χ2v) is 6.91. The quantitative estimate of drug-likeness (QED) is 0.841. The number of aryl methyl sites for hydroxylation is 1. The average Bonchev–Trinajstić information content (AvgIpc) is 3.15. The third-order valence-corrected chi connectivity index (χ3v) is 5.42. The molecule has 0 amide bonds. The Labute approximate surface area is 144 Å². The highest BCUT2D eigenvalue weighted by Gasteiger charge is 2.33. The summed E-state index contributed by atoms with van der Waals surface area (Å²) in [5.41, 5.74) is 0. The van der Waals surface area contributed by atoms with E-state index in [1.807, 2.05) is 22.6 Å². The molecule has 0 spiro atoms. The van der Waals surface area contributed by atoms with E-state index < -0.39 is 12.0 Å². The van der Waals surface area contributed by atoms with Gasteiger partial charge in [0.25, 0.3) is 0 Å². The number of aromatic nitrogens is 4. The van der Waals surface area contributed by atoms with Crippen molar-refractivity contribution in [3.63, 3.8) is 0 Å². The van der Waals surface area contributed by atoms with Gasteiger partial charge in [-0.05, 0) is 20.8 Å². The zero-order valence-electron chi connectivity index (χ0n) is 14.1. The van der Waals surface area contributed by atoms with Crippen molar-refractivity contribution in [1.82, 2.24) is 24.6 Å². The van der Waals surface area contributed by atoms with Crippen LogP contribution in [0.25, 0.3) is 0 Å². The molecule has 1 aliphatic heterocycles. The van der Waals surface area contributed by atoms with E-state index >= 15 is 0 Å². The Balaban J connectivity index is 1.79. The first-order valence-corrected chi connectivity index (χ1v) is 8.90. The summed E-state index contributed by atoms with van der Waals surface area (Å²) in [5.74, 6) is 0.762. The van der Waals surface area contributed by atoms with Crippen LogP contribution in [0.5, 0.6) is 0 Å². The lowest BCUT2D eigenvalue weighted by Crippen LogP contribution is -2.47. The van der Waals surface area contributed by atoms with Crippen LogP contribution in [0.15, 0.2) is 6.20 Å². The van der Waals surface area contributed by atoms with Gasteiger partial charge in [0.2, 0.25) is 0 Å². The van der Waals surface area contributed by atoms with Gasteiger partial charge in [-0.15, -0.1) is 21.5 Å². The van der Waals surface area contributed by atoms with E-state index in [0.717, 1.165) is 34.7 Å². The highest BCUT2D eigenvalue weighted by atomic mass is 32.1. The van der Waals surface area contributed by atoms with Gasteiger partial charge in [0.05, 0.1) is 13.1 Å². The first-order chi connectivity index (χ1) is 11.5. The van der Waals surface area contributed by atoms with Crippen LogP contribution in [-0.2, 0) is 24.4 Å². The molecule has 8 nitrogen and oxygen atoms in total. The number of carboxylic acid groups (broad SMARTS) is 1. The van der Waals surface area contributed by atoms with Gasteiger partial charge in [0.1, 0.15) is 17.7 Å². The maximum atomic E-state index is 11.7. The second-order valence-electron chi connectivity index (χ2n) is 5.81. The van der Waals surface area contributed by atoms with E-state index in [0.29, 0.717) is 19.6 Å². The molecule has 0 radical (unpaired) electrons. The van der Waals surface area contributed by atoms with E-state index in [2.05, 4.69) is 33.9 Å². The Kier molecular flexibility index (Phi) is 4.81. The molecule has 2 aromatic rings.